The summed E-state index contributed by atoms with van der Waals surface area (Å²) in [5.41, 5.74) is 0. The van der Waals surface area contributed by atoms with Gasteiger partial charge < -0.3 is 10.1 Å². The van der Waals surface area contributed by atoms with E-state index in [1.807, 2.05) is 0 Å². The SMILES string of the molecule is CCCNC(C)CCCOc1ccc(F)cc1F. The Morgan fingerprint density at radius 1 is 1.33 bits per heavy atom. The largest absolute Gasteiger partial charge is 0.491 e. The van der Waals surface area contributed by atoms with Crippen LogP contribution in [0.25, 0.3) is 0 Å². The molecule has 1 unspecified atom stereocenters. The molecular weight excluding hydrogens is 236 g/mol. The third-order valence-electron chi connectivity index (χ3n) is 2.68. The highest BCUT2D eigenvalue weighted by molar-refractivity contribution is 5.24. The van der Waals surface area contributed by atoms with Gasteiger partial charge in [0, 0.05) is 12.1 Å². The first kappa shape index (κ1) is 14.9. The summed E-state index contributed by atoms with van der Waals surface area (Å²) >= 11 is 0. The van der Waals surface area contributed by atoms with Gasteiger partial charge in [0.25, 0.3) is 0 Å². The van der Waals surface area contributed by atoms with Crippen LogP contribution >= 0.6 is 0 Å². The van der Waals surface area contributed by atoms with Crippen LogP contribution in [0.2, 0.25) is 0 Å². The van der Waals surface area contributed by atoms with Gasteiger partial charge in [-0.15, -0.1) is 0 Å². The molecule has 1 aromatic rings. The Balaban J connectivity index is 2.21. The maximum atomic E-state index is 13.2. The zero-order valence-corrected chi connectivity index (χ0v) is 11.0. The van der Waals surface area contributed by atoms with Crippen LogP contribution in [0.5, 0.6) is 5.75 Å². The maximum absolute atomic E-state index is 13.2. The quantitative estimate of drug-likeness (QED) is 0.719. The van der Waals surface area contributed by atoms with Crippen LogP contribution in [0.4, 0.5) is 8.78 Å². The zero-order valence-electron chi connectivity index (χ0n) is 11.0. The minimum Gasteiger partial charge on any atom is -0.491 e. The van der Waals surface area contributed by atoms with Crippen LogP contribution in [0.15, 0.2) is 18.2 Å². The van der Waals surface area contributed by atoms with Gasteiger partial charge in [-0.05, 0) is 44.9 Å². The van der Waals surface area contributed by atoms with Crippen molar-refractivity contribution in [2.75, 3.05) is 13.2 Å². The molecule has 0 aliphatic heterocycles. The number of rotatable bonds is 8. The van der Waals surface area contributed by atoms with Gasteiger partial charge in [-0.3, -0.25) is 0 Å². The molecule has 4 heteroatoms. The lowest BCUT2D eigenvalue weighted by Gasteiger charge is -2.13. The van der Waals surface area contributed by atoms with Gasteiger partial charge >= 0.3 is 0 Å². The summed E-state index contributed by atoms with van der Waals surface area (Å²) in [4.78, 5) is 0. The summed E-state index contributed by atoms with van der Waals surface area (Å²) < 4.78 is 31.2. The predicted molar refractivity (Wildman–Crippen MR) is 68.8 cm³/mol. The Labute approximate surface area is 107 Å². The lowest BCUT2D eigenvalue weighted by Crippen LogP contribution is -2.26. The molecule has 0 amide bonds. The van der Waals surface area contributed by atoms with Crippen molar-refractivity contribution in [2.45, 2.75) is 39.2 Å². The Kier molecular flexibility index (Phi) is 6.65. The first-order chi connectivity index (χ1) is 8.63. The predicted octanol–water partition coefficient (Wildman–Crippen LogP) is 3.51. The molecule has 0 saturated carbocycles. The lowest BCUT2D eigenvalue weighted by molar-refractivity contribution is 0.284. The van der Waals surface area contributed by atoms with E-state index in [9.17, 15) is 8.78 Å². The first-order valence-corrected chi connectivity index (χ1v) is 6.44. The minimum atomic E-state index is -0.646. The number of hydrogen-bond donors (Lipinski definition) is 1. The van der Waals surface area contributed by atoms with Crippen molar-refractivity contribution < 1.29 is 13.5 Å². The second-order valence-electron chi connectivity index (χ2n) is 4.42. The van der Waals surface area contributed by atoms with E-state index < -0.39 is 11.6 Å². The van der Waals surface area contributed by atoms with Crippen LogP contribution in [-0.4, -0.2) is 19.2 Å². The van der Waals surface area contributed by atoms with E-state index in [1.54, 1.807) is 0 Å². The Morgan fingerprint density at radius 2 is 2.11 bits per heavy atom. The first-order valence-electron chi connectivity index (χ1n) is 6.44. The molecule has 0 aliphatic rings. The summed E-state index contributed by atoms with van der Waals surface area (Å²) in [6.45, 7) is 5.70. The van der Waals surface area contributed by atoms with Crippen molar-refractivity contribution >= 4 is 0 Å². The molecule has 1 atom stereocenters. The van der Waals surface area contributed by atoms with Crippen molar-refractivity contribution in [3.63, 3.8) is 0 Å². The number of nitrogens with one attached hydrogen (secondary N) is 1. The summed E-state index contributed by atoms with van der Waals surface area (Å²) in [7, 11) is 0. The highest BCUT2D eigenvalue weighted by Gasteiger charge is 2.05. The average Bonchev–Trinajstić information content (AvgIpc) is 2.34. The van der Waals surface area contributed by atoms with E-state index in [-0.39, 0.29) is 5.75 Å². The van der Waals surface area contributed by atoms with Crippen LogP contribution in [0.1, 0.15) is 33.1 Å². The second kappa shape index (κ2) is 8.03. The molecule has 0 saturated heterocycles. The van der Waals surface area contributed by atoms with E-state index in [0.717, 1.165) is 31.9 Å². The molecule has 0 bridgehead atoms. The highest BCUT2D eigenvalue weighted by atomic mass is 19.1. The fourth-order valence-corrected chi connectivity index (χ4v) is 1.66. The number of benzene rings is 1. The van der Waals surface area contributed by atoms with Crippen LogP contribution in [0.3, 0.4) is 0 Å². The molecule has 18 heavy (non-hydrogen) atoms. The van der Waals surface area contributed by atoms with Crippen LogP contribution < -0.4 is 10.1 Å². The Bertz CT molecular complexity index is 358. The van der Waals surface area contributed by atoms with Gasteiger partial charge in [0.15, 0.2) is 11.6 Å². The van der Waals surface area contributed by atoms with Gasteiger partial charge in [0.05, 0.1) is 6.61 Å². The van der Waals surface area contributed by atoms with Gasteiger partial charge in [-0.2, -0.15) is 0 Å². The summed E-state index contributed by atoms with van der Waals surface area (Å²) in [5.74, 6) is -1.12. The molecule has 0 aromatic heterocycles. The van der Waals surface area contributed by atoms with Gasteiger partial charge in [-0.1, -0.05) is 6.92 Å². The Hall–Kier alpha value is -1.16. The molecule has 0 fully saturated rings. The average molecular weight is 257 g/mol. The number of hydrogen-bond acceptors (Lipinski definition) is 2. The smallest absolute Gasteiger partial charge is 0.167 e. The molecule has 1 aromatic carbocycles. The van der Waals surface area contributed by atoms with Crippen molar-refractivity contribution in [3.8, 4) is 5.75 Å². The topological polar surface area (TPSA) is 21.3 Å². The van der Waals surface area contributed by atoms with E-state index in [2.05, 4.69) is 19.2 Å². The van der Waals surface area contributed by atoms with Gasteiger partial charge in [0.2, 0.25) is 0 Å². The van der Waals surface area contributed by atoms with Crippen molar-refractivity contribution in [2.24, 2.45) is 0 Å². The molecule has 1 rings (SSSR count). The van der Waals surface area contributed by atoms with Gasteiger partial charge in [0.1, 0.15) is 5.82 Å². The molecule has 1 N–H and O–H groups in total. The molecule has 0 heterocycles. The van der Waals surface area contributed by atoms with E-state index in [1.165, 1.54) is 12.1 Å². The third-order valence-corrected chi connectivity index (χ3v) is 2.68. The van der Waals surface area contributed by atoms with Crippen molar-refractivity contribution in [1.29, 1.82) is 0 Å². The summed E-state index contributed by atoms with van der Waals surface area (Å²) in [6.07, 6.45) is 2.93. The standard InChI is InChI=1S/C14H21F2NO/c1-3-8-17-11(2)5-4-9-18-14-7-6-12(15)10-13(14)16/h6-7,10-11,17H,3-5,8-9H2,1-2H3. The van der Waals surface area contributed by atoms with E-state index in [0.29, 0.717) is 12.6 Å². The third kappa shape index (κ3) is 5.45. The maximum Gasteiger partial charge on any atom is 0.167 e. The molecule has 2 nitrogen and oxygen atoms in total. The molecule has 0 aliphatic carbocycles. The molecular formula is C14H21F2NO. The monoisotopic (exact) mass is 257 g/mol. The summed E-state index contributed by atoms with van der Waals surface area (Å²) in [5, 5.41) is 3.37. The zero-order chi connectivity index (χ0) is 13.4. The van der Waals surface area contributed by atoms with Crippen molar-refractivity contribution in [1.82, 2.24) is 5.32 Å². The lowest BCUT2D eigenvalue weighted by atomic mass is 10.2. The van der Waals surface area contributed by atoms with Crippen LogP contribution in [-0.2, 0) is 0 Å². The van der Waals surface area contributed by atoms with Crippen LogP contribution in [0, 0.1) is 11.6 Å². The summed E-state index contributed by atoms with van der Waals surface area (Å²) in [6, 6.07) is 3.79. The molecule has 102 valence electrons. The second-order valence-corrected chi connectivity index (χ2v) is 4.42. The van der Waals surface area contributed by atoms with E-state index >= 15 is 0 Å². The Morgan fingerprint density at radius 3 is 2.78 bits per heavy atom. The minimum absolute atomic E-state index is 0.116. The van der Waals surface area contributed by atoms with Crippen molar-refractivity contribution in [3.05, 3.63) is 29.8 Å². The van der Waals surface area contributed by atoms with Gasteiger partial charge in [-0.25, -0.2) is 8.78 Å². The fraction of sp³-hybridized carbons (Fsp3) is 0.571. The molecule has 0 spiro atoms. The normalized spacial score (nSPS) is 12.4. The highest BCUT2D eigenvalue weighted by Crippen LogP contribution is 2.17. The fourth-order valence-electron chi connectivity index (χ4n) is 1.66. The van der Waals surface area contributed by atoms with E-state index in [4.69, 9.17) is 4.74 Å². The molecule has 0 radical (unpaired) electrons. The number of halogens is 2. The number of ether oxygens (including phenoxy) is 1.